The highest BCUT2D eigenvalue weighted by Crippen LogP contribution is 2.30. The zero-order valence-corrected chi connectivity index (χ0v) is 12.5. The molecule has 1 aliphatic heterocycles. The van der Waals surface area contributed by atoms with E-state index in [1.807, 2.05) is 19.9 Å². The van der Waals surface area contributed by atoms with Gasteiger partial charge >= 0.3 is 5.97 Å². The van der Waals surface area contributed by atoms with Gasteiger partial charge in [-0.1, -0.05) is 6.92 Å². The van der Waals surface area contributed by atoms with Crippen molar-refractivity contribution in [2.24, 2.45) is 11.8 Å². The summed E-state index contributed by atoms with van der Waals surface area (Å²) in [4.78, 5) is 25.6. The SMILES string of the molecule is Cc1cc(C(=O)N2C[C@@H](C)[C@H](C(=O)O)C2)sc1Br. The van der Waals surface area contributed by atoms with E-state index in [2.05, 4.69) is 15.9 Å². The van der Waals surface area contributed by atoms with Gasteiger partial charge in [0, 0.05) is 13.1 Å². The molecule has 1 N–H and O–H groups in total. The van der Waals surface area contributed by atoms with Crippen LogP contribution in [0.1, 0.15) is 22.2 Å². The minimum Gasteiger partial charge on any atom is -0.481 e. The summed E-state index contributed by atoms with van der Waals surface area (Å²) in [5.74, 6) is -1.32. The summed E-state index contributed by atoms with van der Waals surface area (Å²) >= 11 is 4.79. The summed E-state index contributed by atoms with van der Waals surface area (Å²) in [5, 5.41) is 9.06. The fourth-order valence-corrected chi connectivity index (χ4v) is 3.68. The molecule has 1 fully saturated rings. The van der Waals surface area contributed by atoms with Crippen molar-refractivity contribution in [1.82, 2.24) is 4.90 Å². The van der Waals surface area contributed by atoms with Gasteiger partial charge in [0.25, 0.3) is 5.91 Å². The molecule has 2 rings (SSSR count). The Morgan fingerprint density at radius 1 is 1.50 bits per heavy atom. The number of carboxylic acids is 1. The van der Waals surface area contributed by atoms with E-state index in [1.54, 1.807) is 4.90 Å². The lowest BCUT2D eigenvalue weighted by Crippen LogP contribution is -2.29. The Bertz CT molecular complexity index is 480. The van der Waals surface area contributed by atoms with Crippen molar-refractivity contribution in [3.05, 3.63) is 20.3 Å². The zero-order valence-electron chi connectivity index (χ0n) is 10.1. The average molecular weight is 332 g/mol. The molecular weight excluding hydrogens is 318 g/mol. The van der Waals surface area contributed by atoms with E-state index in [9.17, 15) is 9.59 Å². The molecule has 6 heteroatoms. The van der Waals surface area contributed by atoms with Crippen molar-refractivity contribution in [3.63, 3.8) is 0 Å². The molecule has 18 heavy (non-hydrogen) atoms. The molecule has 0 radical (unpaired) electrons. The maximum absolute atomic E-state index is 12.2. The quantitative estimate of drug-likeness (QED) is 0.906. The van der Waals surface area contributed by atoms with Gasteiger partial charge in [-0.05, 0) is 40.4 Å². The largest absolute Gasteiger partial charge is 0.481 e. The molecule has 2 heterocycles. The molecule has 1 aromatic heterocycles. The number of thiophene rings is 1. The number of likely N-dealkylation sites (tertiary alicyclic amines) is 1. The van der Waals surface area contributed by atoms with Gasteiger partial charge in [0.05, 0.1) is 14.6 Å². The van der Waals surface area contributed by atoms with Crippen molar-refractivity contribution < 1.29 is 14.7 Å². The summed E-state index contributed by atoms with van der Waals surface area (Å²) in [6.07, 6.45) is 0. The number of rotatable bonds is 2. The van der Waals surface area contributed by atoms with Crippen LogP contribution in [0.3, 0.4) is 0 Å². The molecule has 1 saturated heterocycles. The van der Waals surface area contributed by atoms with Crippen molar-refractivity contribution in [3.8, 4) is 0 Å². The fourth-order valence-electron chi connectivity index (χ4n) is 2.18. The first-order valence-electron chi connectivity index (χ1n) is 5.68. The number of aryl methyl sites for hydroxylation is 1. The summed E-state index contributed by atoms with van der Waals surface area (Å²) in [6, 6.07) is 1.84. The van der Waals surface area contributed by atoms with Crippen LogP contribution in [-0.4, -0.2) is 35.0 Å². The number of hydrogen-bond donors (Lipinski definition) is 1. The topological polar surface area (TPSA) is 57.6 Å². The molecule has 0 unspecified atom stereocenters. The highest BCUT2D eigenvalue weighted by molar-refractivity contribution is 9.11. The third kappa shape index (κ3) is 2.44. The Hall–Kier alpha value is -0.880. The van der Waals surface area contributed by atoms with Gasteiger partial charge in [-0.15, -0.1) is 11.3 Å². The summed E-state index contributed by atoms with van der Waals surface area (Å²) in [5.41, 5.74) is 1.03. The van der Waals surface area contributed by atoms with E-state index < -0.39 is 11.9 Å². The van der Waals surface area contributed by atoms with Crippen LogP contribution in [0.25, 0.3) is 0 Å². The first-order chi connectivity index (χ1) is 8.40. The molecule has 98 valence electrons. The van der Waals surface area contributed by atoms with E-state index in [1.165, 1.54) is 11.3 Å². The van der Waals surface area contributed by atoms with E-state index in [0.29, 0.717) is 18.0 Å². The average Bonchev–Trinajstić information content (AvgIpc) is 2.82. The Kier molecular flexibility index (Phi) is 3.77. The molecule has 2 atom stereocenters. The molecule has 0 bridgehead atoms. The van der Waals surface area contributed by atoms with Gasteiger partial charge in [-0.2, -0.15) is 0 Å². The lowest BCUT2D eigenvalue weighted by Gasteiger charge is -2.14. The molecule has 1 aromatic rings. The van der Waals surface area contributed by atoms with Crippen molar-refractivity contribution in [1.29, 1.82) is 0 Å². The maximum Gasteiger partial charge on any atom is 0.308 e. The minimum atomic E-state index is -0.818. The standard InChI is InChI=1S/C12H14BrNO3S/c1-6-3-9(18-10(6)13)11(15)14-4-7(2)8(5-14)12(16)17/h3,7-8H,4-5H2,1-2H3,(H,16,17)/t7-,8-/m1/s1. The lowest BCUT2D eigenvalue weighted by molar-refractivity contribution is -0.142. The Labute approximate surface area is 118 Å². The number of nitrogens with zero attached hydrogens (tertiary/aromatic N) is 1. The molecule has 1 aliphatic rings. The zero-order chi connectivity index (χ0) is 13.4. The first-order valence-corrected chi connectivity index (χ1v) is 7.29. The highest BCUT2D eigenvalue weighted by atomic mass is 79.9. The summed E-state index contributed by atoms with van der Waals surface area (Å²) in [7, 11) is 0. The van der Waals surface area contributed by atoms with Crippen molar-refractivity contribution >= 4 is 39.1 Å². The summed E-state index contributed by atoms with van der Waals surface area (Å²) in [6.45, 7) is 4.64. The molecule has 0 aromatic carbocycles. The van der Waals surface area contributed by atoms with Gasteiger partial charge < -0.3 is 10.0 Å². The number of carboxylic acid groups (broad SMARTS) is 1. The molecular formula is C12H14BrNO3S. The molecule has 0 saturated carbocycles. The van der Waals surface area contributed by atoms with E-state index >= 15 is 0 Å². The third-order valence-electron chi connectivity index (χ3n) is 3.28. The second kappa shape index (κ2) is 5.01. The van der Waals surface area contributed by atoms with Gasteiger partial charge in [0.2, 0.25) is 0 Å². The molecule has 0 spiro atoms. The van der Waals surface area contributed by atoms with Crippen LogP contribution in [0.5, 0.6) is 0 Å². The second-order valence-corrected chi connectivity index (χ2v) is 7.07. The van der Waals surface area contributed by atoms with Crippen LogP contribution in [-0.2, 0) is 4.79 Å². The van der Waals surface area contributed by atoms with Crippen molar-refractivity contribution in [2.75, 3.05) is 13.1 Å². The smallest absolute Gasteiger partial charge is 0.308 e. The van der Waals surface area contributed by atoms with Gasteiger partial charge in [-0.3, -0.25) is 9.59 Å². The van der Waals surface area contributed by atoms with Crippen LogP contribution < -0.4 is 0 Å². The minimum absolute atomic E-state index is 0.0101. The lowest BCUT2D eigenvalue weighted by atomic mass is 9.99. The highest BCUT2D eigenvalue weighted by Gasteiger charge is 2.37. The van der Waals surface area contributed by atoms with E-state index in [4.69, 9.17) is 5.11 Å². The first kappa shape index (κ1) is 13.5. The van der Waals surface area contributed by atoms with Gasteiger partial charge in [-0.25, -0.2) is 0 Å². The number of aliphatic carboxylic acids is 1. The number of carbonyl (C=O) groups excluding carboxylic acids is 1. The van der Waals surface area contributed by atoms with Gasteiger partial charge in [0.1, 0.15) is 0 Å². The number of amides is 1. The number of hydrogen-bond acceptors (Lipinski definition) is 3. The van der Waals surface area contributed by atoms with Gasteiger partial charge in [0.15, 0.2) is 0 Å². The van der Waals surface area contributed by atoms with Crippen LogP contribution in [0.2, 0.25) is 0 Å². The van der Waals surface area contributed by atoms with Crippen LogP contribution in [0.15, 0.2) is 9.85 Å². The predicted molar refractivity (Wildman–Crippen MR) is 72.9 cm³/mol. The van der Waals surface area contributed by atoms with E-state index in [-0.39, 0.29) is 11.8 Å². The maximum atomic E-state index is 12.2. The normalized spacial score (nSPS) is 23.4. The Balaban J connectivity index is 2.14. The third-order valence-corrected chi connectivity index (χ3v) is 5.41. The summed E-state index contributed by atoms with van der Waals surface area (Å²) < 4.78 is 0.952. The van der Waals surface area contributed by atoms with Crippen LogP contribution in [0, 0.1) is 18.8 Å². The Morgan fingerprint density at radius 2 is 2.17 bits per heavy atom. The molecule has 0 aliphatic carbocycles. The fraction of sp³-hybridized carbons (Fsp3) is 0.500. The van der Waals surface area contributed by atoms with Crippen LogP contribution in [0.4, 0.5) is 0 Å². The second-order valence-electron chi connectivity index (χ2n) is 4.70. The Morgan fingerprint density at radius 3 is 2.61 bits per heavy atom. The van der Waals surface area contributed by atoms with Crippen molar-refractivity contribution in [2.45, 2.75) is 13.8 Å². The molecule has 1 amide bonds. The van der Waals surface area contributed by atoms with Crippen LogP contribution >= 0.6 is 27.3 Å². The number of halogens is 1. The molecule has 4 nitrogen and oxygen atoms in total. The predicted octanol–water partition coefficient (Wildman–Crippen LogP) is 2.61. The number of carbonyl (C=O) groups is 2. The van der Waals surface area contributed by atoms with E-state index in [0.717, 1.165) is 9.35 Å². The monoisotopic (exact) mass is 331 g/mol.